The van der Waals surface area contributed by atoms with Crippen LogP contribution in [0.3, 0.4) is 0 Å². The fourth-order valence-corrected chi connectivity index (χ4v) is 5.13. The van der Waals surface area contributed by atoms with Gasteiger partial charge in [0, 0.05) is 12.5 Å². The Morgan fingerprint density at radius 1 is 1.28 bits per heavy atom. The molecule has 1 atom stereocenters. The van der Waals surface area contributed by atoms with Gasteiger partial charge in [0.1, 0.15) is 0 Å². The van der Waals surface area contributed by atoms with Crippen LogP contribution < -0.4 is 0 Å². The van der Waals surface area contributed by atoms with E-state index in [-0.39, 0.29) is 5.41 Å². The molecule has 0 amide bonds. The van der Waals surface area contributed by atoms with Gasteiger partial charge in [0.15, 0.2) is 0 Å². The number of esters is 1. The highest BCUT2D eigenvalue weighted by atomic mass is 16.6. The smallest absolute Gasteiger partial charge is 0.332 e. The molecule has 0 saturated heterocycles. The maximum Gasteiger partial charge on any atom is 0.332 e. The van der Waals surface area contributed by atoms with Crippen LogP contribution in [-0.4, -0.2) is 17.4 Å². The first-order valence-electron chi connectivity index (χ1n) is 7.10. The quantitative estimate of drug-likeness (QED) is 0.474. The Morgan fingerprint density at radius 2 is 1.78 bits per heavy atom. The number of aliphatic hydroxyl groups excluding tert-OH is 1. The van der Waals surface area contributed by atoms with E-state index in [0.29, 0.717) is 6.42 Å². The van der Waals surface area contributed by atoms with Crippen molar-refractivity contribution in [2.45, 2.75) is 51.2 Å². The first-order valence-corrected chi connectivity index (χ1v) is 7.10. The van der Waals surface area contributed by atoms with Gasteiger partial charge < -0.3 is 9.84 Å². The van der Waals surface area contributed by atoms with Crippen LogP contribution in [-0.2, 0) is 9.53 Å². The molecular formula is C15H22O3. The lowest BCUT2D eigenvalue weighted by Gasteiger charge is -2.57. The molecule has 0 aromatic carbocycles. The van der Waals surface area contributed by atoms with Gasteiger partial charge in [-0.1, -0.05) is 6.58 Å². The molecule has 4 fully saturated rings. The third kappa shape index (κ3) is 2.20. The van der Waals surface area contributed by atoms with Crippen LogP contribution >= 0.6 is 0 Å². The predicted octanol–water partition coefficient (Wildman–Crippen LogP) is 2.64. The van der Waals surface area contributed by atoms with Crippen molar-refractivity contribution in [2.75, 3.05) is 0 Å². The van der Waals surface area contributed by atoms with E-state index in [0.717, 1.165) is 23.8 Å². The van der Waals surface area contributed by atoms with Crippen LogP contribution in [0, 0.1) is 23.2 Å². The van der Waals surface area contributed by atoms with E-state index in [1.54, 1.807) is 0 Å². The van der Waals surface area contributed by atoms with E-state index in [1.807, 2.05) is 0 Å². The van der Waals surface area contributed by atoms with Crippen molar-refractivity contribution in [3.8, 4) is 0 Å². The standard InChI is InChI=1S/C15H22O3/c1-2-13(16)18-14(17)9-15-6-10-3-11(7-15)5-12(4-10)8-15/h2,10-12,14,17H,1,3-9H2. The Kier molecular flexibility index (Phi) is 2.97. The lowest BCUT2D eigenvalue weighted by Crippen LogP contribution is -2.47. The van der Waals surface area contributed by atoms with Crippen molar-refractivity contribution < 1.29 is 14.6 Å². The molecule has 3 nitrogen and oxygen atoms in total. The fourth-order valence-electron chi connectivity index (χ4n) is 5.13. The first-order chi connectivity index (χ1) is 8.58. The minimum Gasteiger partial charge on any atom is -0.433 e. The molecule has 4 aliphatic carbocycles. The van der Waals surface area contributed by atoms with Gasteiger partial charge in [0.05, 0.1) is 0 Å². The van der Waals surface area contributed by atoms with Crippen molar-refractivity contribution in [2.24, 2.45) is 23.2 Å². The Bertz CT molecular complexity index is 325. The molecule has 1 unspecified atom stereocenters. The molecule has 3 heteroatoms. The van der Waals surface area contributed by atoms with Gasteiger partial charge in [0.2, 0.25) is 6.29 Å². The van der Waals surface area contributed by atoms with E-state index >= 15 is 0 Å². The second kappa shape index (κ2) is 4.37. The van der Waals surface area contributed by atoms with E-state index in [4.69, 9.17) is 4.74 Å². The minimum atomic E-state index is -0.952. The van der Waals surface area contributed by atoms with Crippen molar-refractivity contribution in [3.63, 3.8) is 0 Å². The summed E-state index contributed by atoms with van der Waals surface area (Å²) >= 11 is 0. The summed E-state index contributed by atoms with van der Waals surface area (Å²) in [5, 5.41) is 9.92. The second-order valence-corrected chi connectivity index (χ2v) is 6.72. The molecule has 18 heavy (non-hydrogen) atoms. The number of aliphatic hydroxyl groups is 1. The van der Waals surface area contributed by atoms with Crippen LogP contribution in [0.5, 0.6) is 0 Å². The second-order valence-electron chi connectivity index (χ2n) is 6.72. The molecule has 0 heterocycles. The summed E-state index contributed by atoms with van der Waals surface area (Å²) < 4.78 is 4.94. The molecule has 0 aliphatic heterocycles. The zero-order chi connectivity index (χ0) is 12.8. The zero-order valence-electron chi connectivity index (χ0n) is 10.8. The number of carbonyl (C=O) groups is 1. The van der Waals surface area contributed by atoms with E-state index in [1.165, 1.54) is 38.5 Å². The van der Waals surface area contributed by atoms with E-state index in [9.17, 15) is 9.90 Å². The van der Waals surface area contributed by atoms with Gasteiger partial charge in [-0.05, 0) is 61.7 Å². The Labute approximate surface area is 108 Å². The highest BCUT2D eigenvalue weighted by Crippen LogP contribution is 2.61. The van der Waals surface area contributed by atoms with Gasteiger partial charge >= 0.3 is 5.97 Å². The molecule has 4 aliphatic rings. The SMILES string of the molecule is C=CC(=O)OC(O)CC12CC3CC(CC(C3)C1)C2. The molecule has 4 rings (SSSR count). The number of carbonyl (C=O) groups excluding carboxylic acids is 1. The van der Waals surface area contributed by atoms with Crippen molar-refractivity contribution in [1.82, 2.24) is 0 Å². The minimum absolute atomic E-state index is 0.246. The first kappa shape index (κ1) is 12.2. The average molecular weight is 250 g/mol. The third-order valence-electron chi connectivity index (χ3n) is 5.19. The summed E-state index contributed by atoms with van der Waals surface area (Å²) in [5.41, 5.74) is 0.246. The van der Waals surface area contributed by atoms with Crippen LogP contribution in [0.15, 0.2) is 12.7 Å². The van der Waals surface area contributed by atoms with Crippen molar-refractivity contribution >= 4 is 5.97 Å². The highest BCUT2D eigenvalue weighted by molar-refractivity contribution is 5.81. The topological polar surface area (TPSA) is 46.5 Å². The summed E-state index contributed by atoms with van der Waals surface area (Å²) in [7, 11) is 0. The van der Waals surface area contributed by atoms with Gasteiger partial charge in [0.25, 0.3) is 0 Å². The Morgan fingerprint density at radius 3 is 2.22 bits per heavy atom. The lowest BCUT2D eigenvalue weighted by atomic mass is 9.49. The highest BCUT2D eigenvalue weighted by Gasteiger charge is 2.51. The third-order valence-corrected chi connectivity index (χ3v) is 5.19. The summed E-state index contributed by atoms with van der Waals surface area (Å²) in [6, 6.07) is 0. The molecule has 100 valence electrons. The fraction of sp³-hybridized carbons (Fsp3) is 0.800. The summed E-state index contributed by atoms with van der Waals surface area (Å²) in [5.74, 6) is 2.06. The maximum atomic E-state index is 11.1. The van der Waals surface area contributed by atoms with E-state index in [2.05, 4.69) is 6.58 Å². The van der Waals surface area contributed by atoms with Crippen molar-refractivity contribution in [3.05, 3.63) is 12.7 Å². The molecule has 0 aromatic heterocycles. The number of rotatable bonds is 4. The molecule has 0 radical (unpaired) electrons. The van der Waals surface area contributed by atoms with Crippen LogP contribution in [0.25, 0.3) is 0 Å². The molecular weight excluding hydrogens is 228 g/mol. The number of hydrogen-bond donors (Lipinski definition) is 1. The van der Waals surface area contributed by atoms with E-state index < -0.39 is 12.3 Å². The molecule has 1 N–H and O–H groups in total. The lowest BCUT2D eigenvalue weighted by molar-refractivity contribution is -0.175. The molecule has 4 bridgehead atoms. The number of hydrogen-bond acceptors (Lipinski definition) is 3. The Hall–Kier alpha value is -0.830. The summed E-state index contributed by atoms with van der Waals surface area (Å²) in [6.07, 6.45) is 8.63. The van der Waals surface area contributed by atoms with Crippen LogP contribution in [0.2, 0.25) is 0 Å². The van der Waals surface area contributed by atoms with Crippen molar-refractivity contribution in [1.29, 1.82) is 0 Å². The predicted molar refractivity (Wildman–Crippen MR) is 67.5 cm³/mol. The maximum absolute atomic E-state index is 11.1. The molecule has 4 saturated carbocycles. The van der Waals surface area contributed by atoms with Gasteiger partial charge in [-0.25, -0.2) is 4.79 Å². The Balaban J connectivity index is 1.65. The normalized spacial score (nSPS) is 42.6. The van der Waals surface area contributed by atoms with Crippen LogP contribution in [0.1, 0.15) is 44.9 Å². The summed E-state index contributed by atoms with van der Waals surface area (Å²) in [4.78, 5) is 11.1. The summed E-state index contributed by atoms with van der Waals surface area (Å²) in [6.45, 7) is 3.35. The van der Waals surface area contributed by atoms with Gasteiger partial charge in [-0.3, -0.25) is 0 Å². The van der Waals surface area contributed by atoms with Gasteiger partial charge in [-0.15, -0.1) is 0 Å². The van der Waals surface area contributed by atoms with Crippen LogP contribution in [0.4, 0.5) is 0 Å². The largest absolute Gasteiger partial charge is 0.433 e. The number of ether oxygens (including phenoxy) is 1. The monoisotopic (exact) mass is 250 g/mol. The zero-order valence-corrected chi connectivity index (χ0v) is 10.8. The van der Waals surface area contributed by atoms with Gasteiger partial charge in [-0.2, -0.15) is 0 Å². The molecule has 0 aromatic rings. The molecule has 0 spiro atoms. The average Bonchev–Trinajstić information content (AvgIpc) is 2.25.